The van der Waals surface area contributed by atoms with E-state index in [4.69, 9.17) is 0 Å². The van der Waals surface area contributed by atoms with Crippen LogP contribution in [0.25, 0.3) is 22.5 Å². The topological polar surface area (TPSA) is 54.5 Å². The van der Waals surface area contributed by atoms with Gasteiger partial charge in [0.1, 0.15) is 0 Å². The molecule has 4 nitrogen and oxygen atoms in total. The Kier molecular flexibility index (Phi) is 3.17. The number of aromatic amines is 1. The number of halogens is 3. The van der Waals surface area contributed by atoms with Crippen LogP contribution in [0.1, 0.15) is 5.56 Å². The fourth-order valence-electron chi connectivity index (χ4n) is 1.93. The summed E-state index contributed by atoms with van der Waals surface area (Å²) in [6.07, 6.45) is -4.37. The van der Waals surface area contributed by atoms with Crippen LogP contribution in [0.4, 0.5) is 13.2 Å². The Balaban J connectivity index is 2.03. The summed E-state index contributed by atoms with van der Waals surface area (Å²) in [5.74, 6) is 0.406. The summed E-state index contributed by atoms with van der Waals surface area (Å²) in [6, 6.07) is 13.1. The SMILES string of the molecule is FC(F)(F)c1cccc(-c2cc[c]c(-c3nnn[nH]3)c2)c1. The number of alkyl halides is 3. The molecule has 7 heteroatoms. The van der Waals surface area contributed by atoms with Crippen molar-refractivity contribution in [3.8, 4) is 22.5 Å². The van der Waals surface area contributed by atoms with E-state index in [1.807, 2.05) is 0 Å². The molecule has 0 aliphatic heterocycles. The van der Waals surface area contributed by atoms with Gasteiger partial charge in [0.15, 0.2) is 5.82 Å². The van der Waals surface area contributed by atoms with E-state index < -0.39 is 11.7 Å². The molecule has 1 aromatic heterocycles. The highest BCUT2D eigenvalue weighted by molar-refractivity contribution is 5.70. The predicted molar refractivity (Wildman–Crippen MR) is 68.9 cm³/mol. The van der Waals surface area contributed by atoms with Gasteiger partial charge in [-0.2, -0.15) is 13.2 Å². The van der Waals surface area contributed by atoms with Crippen LogP contribution >= 0.6 is 0 Å². The summed E-state index contributed by atoms with van der Waals surface area (Å²) in [5, 5.41) is 13.3. The molecule has 0 bridgehead atoms. The van der Waals surface area contributed by atoms with Crippen LogP contribution in [0.3, 0.4) is 0 Å². The Morgan fingerprint density at radius 1 is 1.05 bits per heavy atom. The summed E-state index contributed by atoms with van der Waals surface area (Å²) in [6.45, 7) is 0. The molecule has 0 amide bonds. The van der Waals surface area contributed by atoms with Gasteiger partial charge < -0.3 is 0 Å². The lowest BCUT2D eigenvalue weighted by molar-refractivity contribution is -0.137. The number of nitrogens with one attached hydrogen (secondary N) is 1. The zero-order valence-electron chi connectivity index (χ0n) is 10.5. The molecule has 1 heterocycles. The lowest BCUT2D eigenvalue weighted by Gasteiger charge is -2.09. The van der Waals surface area contributed by atoms with Crippen molar-refractivity contribution in [1.82, 2.24) is 20.6 Å². The van der Waals surface area contributed by atoms with Gasteiger partial charge in [-0.1, -0.05) is 24.3 Å². The van der Waals surface area contributed by atoms with E-state index in [1.165, 1.54) is 6.07 Å². The second kappa shape index (κ2) is 5.01. The molecular formula is C14H8F3N4. The summed E-state index contributed by atoms with van der Waals surface area (Å²) in [5.41, 5.74) is 0.990. The van der Waals surface area contributed by atoms with Crippen LogP contribution in [0.5, 0.6) is 0 Å². The largest absolute Gasteiger partial charge is 0.416 e. The third kappa shape index (κ3) is 2.76. The highest BCUT2D eigenvalue weighted by Gasteiger charge is 2.30. The zero-order valence-corrected chi connectivity index (χ0v) is 10.5. The first-order valence-corrected chi connectivity index (χ1v) is 5.97. The van der Waals surface area contributed by atoms with Crippen LogP contribution in [0, 0.1) is 6.07 Å². The van der Waals surface area contributed by atoms with E-state index in [1.54, 1.807) is 24.3 Å². The zero-order chi connectivity index (χ0) is 14.9. The number of tetrazole rings is 1. The van der Waals surface area contributed by atoms with E-state index >= 15 is 0 Å². The Bertz CT molecular complexity index is 751. The molecule has 1 radical (unpaired) electrons. The second-order valence-corrected chi connectivity index (χ2v) is 4.32. The lowest BCUT2D eigenvalue weighted by Crippen LogP contribution is -2.04. The van der Waals surface area contributed by atoms with Crippen molar-refractivity contribution in [2.75, 3.05) is 0 Å². The molecule has 0 spiro atoms. The number of rotatable bonds is 2. The van der Waals surface area contributed by atoms with Crippen molar-refractivity contribution in [1.29, 1.82) is 0 Å². The minimum absolute atomic E-state index is 0.406. The van der Waals surface area contributed by atoms with Crippen LogP contribution in [-0.2, 0) is 6.18 Å². The molecule has 3 aromatic rings. The van der Waals surface area contributed by atoms with Crippen LogP contribution in [0.15, 0.2) is 42.5 Å². The molecule has 0 unspecified atom stereocenters. The fraction of sp³-hybridized carbons (Fsp3) is 0.0714. The molecule has 0 aliphatic rings. The lowest BCUT2D eigenvalue weighted by atomic mass is 10.0. The highest BCUT2D eigenvalue weighted by atomic mass is 19.4. The van der Waals surface area contributed by atoms with Crippen molar-refractivity contribution in [2.45, 2.75) is 6.18 Å². The molecule has 0 atom stereocenters. The van der Waals surface area contributed by atoms with E-state index in [0.29, 0.717) is 22.5 Å². The van der Waals surface area contributed by atoms with Gasteiger partial charge >= 0.3 is 6.18 Å². The molecule has 21 heavy (non-hydrogen) atoms. The standard InChI is InChI=1S/C14H8F3N4/c15-14(16,17)12-6-2-4-10(8-12)9-3-1-5-11(7-9)13-18-20-21-19-13/h1-4,6-8H,(H,18,19,20,21). The number of hydrogen-bond acceptors (Lipinski definition) is 3. The first-order valence-electron chi connectivity index (χ1n) is 5.97. The maximum absolute atomic E-state index is 12.7. The predicted octanol–water partition coefficient (Wildman–Crippen LogP) is 3.35. The van der Waals surface area contributed by atoms with Gasteiger partial charge in [0.05, 0.1) is 5.56 Å². The average molecular weight is 289 g/mol. The monoisotopic (exact) mass is 289 g/mol. The Morgan fingerprint density at radius 2 is 1.86 bits per heavy atom. The van der Waals surface area contributed by atoms with Gasteiger partial charge in [-0.15, -0.1) is 5.10 Å². The first-order chi connectivity index (χ1) is 10.0. The van der Waals surface area contributed by atoms with Crippen molar-refractivity contribution >= 4 is 0 Å². The first kappa shape index (κ1) is 13.3. The van der Waals surface area contributed by atoms with Gasteiger partial charge in [-0.05, 0) is 45.8 Å². The van der Waals surface area contributed by atoms with Crippen molar-refractivity contribution in [2.24, 2.45) is 0 Å². The van der Waals surface area contributed by atoms with E-state index in [9.17, 15) is 13.2 Å². The van der Waals surface area contributed by atoms with Gasteiger partial charge in [0, 0.05) is 5.56 Å². The Labute approximate surface area is 117 Å². The summed E-state index contributed by atoms with van der Waals surface area (Å²) in [4.78, 5) is 0. The van der Waals surface area contributed by atoms with Crippen molar-refractivity contribution in [3.05, 3.63) is 54.1 Å². The van der Waals surface area contributed by atoms with E-state index in [2.05, 4.69) is 26.7 Å². The quantitative estimate of drug-likeness (QED) is 0.787. The van der Waals surface area contributed by atoms with Crippen LogP contribution < -0.4 is 0 Å². The molecule has 1 N–H and O–H groups in total. The van der Waals surface area contributed by atoms with Gasteiger partial charge in [0.2, 0.25) is 0 Å². The molecule has 0 fully saturated rings. The summed E-state index contributed by atoms with van der Waals surface area (Å²) >= 11 is 0. The van der Waals surface area contributed by atoms with Gasteiger partial charge in [0.25, 0.3) is 0 Å². The Morgan fingerprint density at radius 3 is 2.57 bits per heavy atom. The van der Waals surface area contributed by atoms with Gasteiger partial charge in [-0.3, -0.25) is 0 Å². The molecule has 0 saturated heterocycles. The molecule has 105 valence electrons. The number of aromatic nitrogens is 4. The smallest absolute Gasteiger partial charge is 0.239 e. The van der Waals surface area contributed by atoms with Crippen LogP contribution in [0.2, 0.25) is 0 Å². The maximum atomic E-state index is 12.7. The second-order valence-electron chi connectivity index (χ2n) is 4.32. The van der Waals surface area contributed by atoms with Gasteiger partial charge in [-0.25, -0.2) is 5.10 Å². The molecular weight excluding hydrogens is 281 g/mol. The average Bonchev–Trinajstić information content (AvgIpc) is 3.01. The van der Waals surface area contributed by atoms with Crippen LogP contribution in [-0.4, -0.2) is 20.6 Å². The highest BCUT2D eigenvalue weighted by Crippen LogP contribution is 2.32. The number of benzene rings is 2. The minimum Gasteiger partial charge on any atom is -0.239 e. The van der Waals surface area contributed by atoms with E-state index in [-0.39, 0.29) is 0 Å². The number of H-pyrrole nitrogens is 1. The fourth-order valence-corrected chi connectivity index (χ4v) is 1.93. The van der Waals surface area contributed by atoms with Crippen molar-refractivity contribution < 1.29 is 13.2 Å². The normalized spacial score (nSPS) is 11.6. The summed E-state index contributed by atoms with van der Waals surface area (Å²) < 4.78 is 38.2. The minimum atomic E-state index is -4.37. The molecule has 2 aromatic carbocycles. The molecule has 0 aliphatic carbocycles. The third-order valence-electron chi connectivity index (χ3n) is 2.93. The number of nitrogens with zero attached hydrogens (tertiary/aromatic N) is 3. The van der Waals surface area contributed by atoms with Crippen molar-refractivity contribution in [3.63, 3.8) is 0 Å². The Hall–Kier alpha value is -2.70. The maximum Gasteiger partial charge on any atom is 0.416 e. The third-order valence-corrected chi connectivity index (χ3v) is 2.93. The summed E-state index contributed by atoms with van der Waals surface area (Å²) in [7, 11) is 0. The molecule has 0 saturated carbocycles. The number of hydrogen-bond donors (Lipinski definition) is 1. The molecule has 3 rings (SSSR count). The van der Waals surface area contributed by atoms with E-state index in [0.717, 1.165) is 12.1 Å².